The average molecular weight is 1300 g/mol. The average Bonchev–Trinajstić information content (AvgIpc) is 1.70. The molecular formula is C66H89N15O13. The third kappa shape index (κ3) is 23.2. The van der Waals surface area contributed by atoms with Gasteiger partial charge in [0, 0.05) is 45.3 Å². The molecule has 506 valence electrons. The van der Waals surface area contributed by atoms with E-state index in [1.165, 1.54) is 53.4 Å². The van der Waals surface area contributed by atoms with Crippen LogP contribution in [0, 0.1) is 5.92 Å². The van der Waals surface area contributed by atoms with Gasteiger partial charge < -0.3 is 85.5 Å². The number of phenolic OH excluding ortho intramolecular Hbond substituents is 2. The van der Waals surface area contributed by atoms with E-state index in [-0.39, 0.29) is 101 Å². The van der Waals surface area contributed by atoms with Gasteiger partial charge in [-0.05, 0) is 104 Å². The highest BCUT2D eigenvalue weighted by Gasteiger charge is 2.41. The minimum absolute atomic E-state index is 0.0115. The standard InChI is InChI=1S/C66H89N15O13/c1-4-30-70-54(84)37-51-57(86)72-38-55(85)73-48(34-42-21-25-44(82)26-22-42)62(91)80-56(39(2)3)64(93)75-46(18-11-29-67)58(87)76-49(35-43-23-27-45(83)28-24-43)61(90)79-52(36-41-16-9-6-10-17-41)65(94)81-32-13-20-53(81)63(92)78-50(33-40-14-7-5-8-15-40)60(89)74-47(59(88)77-51)19-12-31-71-66(68)69/h5-10,14-17,21-28,39,46-53,56,82-83H,4,11-13,18-20,29-38,67H2,1-3H3,(H,70,84)(H,72,86)(H,73,85)(H,74,89)(H,75,93)(H,76,87)(H,77,88)(H,78,92)(H,79,90)(H,80,91)(H4,68,69,71)/t46-,47+,48-,49-,50-,51-,52+,53-,56-/m0/s1. The first-order chi connectivity index (χ1) is 45.0. The van der Waals surface area contributed by atoms with Crippen molar-refractivity contribution < 1.29 is 63.0 Å². The van der Waals surface area contributed by atoms with Crippen LogP contribution >= 0.6 is 0 Å². The Morgan fingerprint density at radius 3 is 1.52 bits per heavy atom. The molecular weight excluding hydrogens is 1210 g/mol. The number of guanidine groups is 1. The molecule has 28 nitrogen and oxygen atoms in total. The Balaban J connectivity index is 1.45. The highest BCUT2D eigenvalue weighted by atomic mass is 16.3. The zero-order chi connectivity index (χ0) is 68.3. The van der Waals surface area contributed by atoms with Crippen molar-refractivity contribution in [2.75, 3.05) is 32.7 Å². The van der Waals surface area contributed by atoms with Gasteiger partial charge in [-0.2, -0.15) is 0 Å². The Bertz CT molecular complexity index is 3260. The van der Waals surface area contributed by atoms with Crippen molar-refractivity contribution >= 4 is 70.9 Å². The molecule has 0 bridgehead atoms. The fourth-order valence-corrected chi connectivity index (χ4v) is 10.8. The summed E-state index contributed by atoms with van der Waals surface area (Å²) in [5.74, 6) is -10.3. The number of carbonyl (C=O) groups excluding carboxylic acids is 11. The van der Waals surface area contributed by atoms with Crippen LogP contribution in [-0.2, 0) is 78.4 Å². The SMILES string of the molecule is CCCNC(=O)C[C@@H]1NC(=O)[C@@H](CCCN=C(N)N)NC(=O)[C@H](Cc2ccccc2)NC(=O)[C@@H]2CCCN2C(=O)[C@@H](Cc2ccccc2)NC(=O)[C@H](Cc2ccc(O)cc2)NC(=O)[C@H](CCCN)NC(=O)[C@H](C(C)C)NC(=O)[C@H](Cc2ccc(O)cc2)NC(=O)CNC1=O. The van der Waals surface area contributed by atoms with Crippen LogP contribution in [0.5, 0.6) is 11.5 Å². The molecule has 28 heteroatoms. The smallest absolute Gasteiger partial charge is 0.246 e. The van der Waals surface area contributed by atoms with Crippen molar-refractivity contribution in [2.24, 2.45) is 28.1 Å². The van der Waals surface area contributed by atoms with Gasteiger partial charge >= 0.3 is 0 Å². The van der Waals surface area contributed by atoms with Crippen LogP contribution in [0.15, 0.2) is 114 Å². The first-order valence-corrected chi connectivity index (χ1v) is 31.7. The van der Waals surface area contributed by atoms with E-state index >= 15 is 9.59 Å². The molecule has 2 saturated heterocycles. The summed E-state index contributed by atoms with van der Waals surface area (Å²) in [6, 6.07) is 16.1. The molecule has 4 aromatic carbocycles. The molecule has 18 N–H and O–H groups in total. The molecule has 0 unspecified atom stereocenters. The first-order valence-electron chi connectivity index (χ1n) is 31.7. The van der Waals surface area contributed by atoms with Gasteiger partial charge in [-0.25, -0.2) is 0 Å². The van der Waals surface area contributed by atoms with Gasteiger partial charge in [0.25, 0.3) is 0 Å². The summed E-state index contributed by atoms with van der Waals surface area (Å²) in [5.41, 5.74) is 19.3. The molecule has 2 heterocycles. The molecule has 0 radical (unpaired) electrons. The molecule has 11 amide bonds. The van der Waals surface area contributed by atoms with E-state index in [1.54, 1.807) is 81.4 Å². The van der Waals surface area contributed by atoms with Crippen LogP contribution in [0.25, 0.3) is 0 Å². The number of phenols is 2. The minimum Gasteiger partial charge on any atom is -0.508 e. The fraction of sp³-hybridized carbons (Fsp3) is 0.455. The van der Waals surface area contributed by atoms with E-state index in [0.29, 0.717) is 35.1 Å². The molecule has 2 aliphatic heterocycles. The summed E-state index contributed by atoms with van der Waals surface area (Å²) in [4.78, 5) is 165. The highest BCUT2D eigenvalue weighted by Crippen LogP contribution is 2.22. The predicted molar refractivity (Wildman–Crippen MR) is 348 cm³/mol. The molecule has 0 aliphatic carbocycles. The summed E-state index contributed by atoms with van der Waals surface area (Å²) in [6.45, 7) is 4.55. The van der Waals surface area contributed by atoms with Gasteiger partial charge in [0.05, 0.1) is 13.0 Å². The van der Waals surface area contributed by atoms with Crippen LogP contribution < -0.4 is 70.4 Å². The van der Waals surface area contributed by atoms with E-state index in [1.807, 2.05) is 0 Å². The second kappa shape index (κ2) is 36.8. The van der Waals surface area contributed by atoms with Crippen molar-refractivity contribution in [1.82, 2.24) is 58.1 Å². The fourth-order valence-electron chi connectivity index (χ4n) is 10.8. The molecule has 0 spiro atoms. The lowest BCUT2D eigenvalue weighted by atomic mass is 9.99. The molecule has 9 atom stereocenters. The lowest BCUT2D eigenvalue weighted by Crippen LogP contribution is -2.61. The number of hydrogen-bond donors (Lipinski definition) is 15. The zero-order valence-electron chi connectivity index (χ0n) is 53.2. The number of carbonyl (C=O) groups is 11. The Kier molecular flexibility index (Phi) is 28.6. The lowest BCUT2D eigenvalue weighted by molar-refractivity contribution is -0.142. The second-order valence-corrected chi connectivity index (χ2v) is 23.7. The van der Waals surface area contributed by atoms with Crippen molar-refractivity contribution in [1.29, 1.82) is 0 Å². The van der Waals surface area contributed by atoms with Gasteiger partial charge in [-0.3, -0.25) is 57.7 Å². The van der Waals surface area contributed by atoms with E-state index in [2.05, 4.69) is 58.2 Å². The summed E-state index contributed by atoms with van der Waals surface area (Å²) in [6.07, 6.45) is -0.233. The van der Waals surface area contributed by atoms with Crippen molar-refractivity contribution in [2.45, 2.75) is 152 Å². The maximum Gasteiger partial charge on any atom is 0.246 e. The molecule has 0 aromatic heterocycles. The number of nitrogens with zero attached hydrogens (tertiary/aromatic N) is 2. The monoisotopic (exact) mass is 1300 g/mol. The lowest BCUT2D eigenvalue weighted by Gasteiger charge is -2.31. The van der Waals surface area contributed by atoms with Gasteiger partial charge in [-0.15, -0.1) is 0 Å². The summed E-state index contributed by atoms with van der Waals surface area (Å²) < 4.78 is 0. The van der Waals surface area contributed by atoms with Gasteiger partial charge in [-0.1, -0.05) is 106 Å². The number of hydrogen-bond acceptors (Lipinski definition) is 15. The zero-order valence-corrected chi connectivity index (χ0v) is 53.2. The summed E-state index contributed by atoms with van der Waals surface area (Å²) in [7, 11) is 0. The largest absolute Gasteiger partial charge is 0.508 e. The number of nitrogens with two attached hydrogens (primary N) is 3. The minimum atomic E-state index is -1.68. The quantitative estimate of drug-likeness (QED) is 0.0279. The van der Waals surface area contributed by atoms with Crippen LogP contribution in [0.2, 0.25) is 0 Å². The van der Waals surface area contributed by atoms with Gasteiger partial charge in [0.1, 0.15) is 65.9 Å². The number of aromatic hydroxyl groups is 2. The topological polar surface area (TPSA) is 442 Å². The molecule has 6 rings (SSSR count). The van der Waals surface area contributed by atoms with Crippen LogP contribution in [-0.4, -0.2) is 173 Å². The van der Waals surface area contributed by atoms with Crippen LogP contribution in [0.4, 0.5) is 0 Å². The third-order valence-electron chi connectivity index (χ3n) is 15.9. The Hall–Kier alpha value is -10.1. The number of rotatable bonds is 20. The number of benzene rings is 4. The number of fused-ring (bicyclic) bond motifs is 1. The summed E-state index contributed by atoms with van der Waals surface area (Å²) >= 11 is 0. The van der Waals surface area contributed by atoms with Crippen molar-refractivity contribution in [3.05, 3.63) is 131 Å². The number of nitrogens with one attached hydrogen (secondary N) is 10. The van der Waals surface area contributed by atoms with Gasteiger partial charge in [0.2, 0.25) is 65.0 Å². The first kappa shape index (κ1) is 72.9. The second-order valence-electron chi connectivity index (χ2n) is 23.7. The maximum absolute atomic E-state index is 15.2. The van der Waals surface area contributed by atoms with Crippen LogP contribution in [0.3, 0.4) is 0 Å². The normalized spacial score (nSPS) is 22.7. The molecule has 2 fully saturated rings. The molecule has 0 saturated carbocycles. The van der Waals surface area contributed by atoms with E-state index in [9.17, 15) is 53.4 Å². The third-order valence-corrected chi connectivity index (χ3v) is 15.9. The highest BCUT2D eigenvalue weighted by molar-refractivity contribution is 6.00. The van der Waals surface area contributed by atoms with E-state index in [0.717, 1.165) is 0 Å². The van der Waals surface area contributed by atoms with Crippen molar-refractivity contribution in [3.63, 3.8) is 0 Å². The molecule has 2 aliphatic rings. The number of aliphatic imine (C=N–C) groups is 1. The Labute approximate surface area is 545 Å². The number of amides is 11. The predicted octanol–water partition coefficient (Wildman–Crippen LogP) is -1.27. The van der Waals surface area contributed by atoms with Crippen molar-refractivity contribution in [3.8, 4) is 11.5 Å². The maximum atomic E-state index is 15.2. The molecule has 4 aromatic rings. The Morgan fingerprint density at radius 2 is 1.00 bits per heavy atom. The van der Waals surface area contributed by atoms with Gasteiger partial charge in [0.15, 0.2) is 5.96 Å². The van der Waals surface area contributed by atoms with Crippen LogP contribution in [0.1, 0.15) is 94.4 Å². The Morgan fingerprint density at radius 1 is 0.553 bits per heavy atom. The molecule has 94 heavy (non-hydrogen) atoms. The van der Waals surface area contributed by atoms with E-state index < -0.39 is 138 Å². The van der Waals surface area contributed by atoms with E-state index in [4.69, 9.17) is 17.2 Å². The summed E-state index contributed by atoms with van der Waals surface area (Å²) in [5, 5.41) is 47.1.